The normalized spacial score (nSPS) is 10.7. The molecule has 0 fully saturated rings. The summed E-state index contributed by atoms with van der Waals surface area (Å²) in [5, 5.41) is 0.445. The van der Waals surface area contributed by atoms with Crippen LogP contribution < -0.4 is 10.9 Å². The topological polar surface area (TPSA) is 66.9 Å². The van der Waals surface area contributed by atoms with Gasteiger partial charge in [-0.05, 0) is 38.1 Å². The van der Waals surface area contributed by atoms with Crippen LogP contribution in [0.3, 0.4) is 0 Å². The van der Waals surface area contributed by atoms with Crippen LogP contribution in [0.1, 0.15) is 21.1 Å². The number of thiophene rings is 1. The van der Waals surface area contributed by atoms with Gasteiger partial charge in [0.15, 0.2) is 0 Å². The molecule has 0 atom stereocenters. The van der Waals surface area contributed by atoms with E-state index in [2.05, 4.69) is 20.8 Å². The maximum absolute atomic E-state index is 13.6. The van der Waals surface area contributed by atoms with E-state index in [1.54, 1.807) is 12.1 Å². The lowest BCUT2D eigenvalue weighted by Crippen LogP contribution is -2.29. The summed E-state index contributed by atoms with van der Waals surface area (Å²) in [6, 6.07) is 8.15. The molecule has 7 heteroatoms. The Balaban J connectivity index is 1.77. The van der Waals surface area contributed by atoms with Gasteiger partial charge in [0.05, 0.1) is 4.88 Å². The summed E-state index contributed by atoms with van der Waals surface area (Å²) in [6.07, 6.45) is 0. The highest BCUT2D eigenvalue weighted by molar-refractivity contribution is 7.20. The first-order valence-corrected chi connectivity index (χ1v) is 7.41. The molecule has 0 saturated heterocycles. The van der Waals surface area contributed by atoms with Crippen LogP contribution in [-0.4, -0.2) is 15.9 Å². The zero-order valence-corrected chi connectivity index (χ0v) is 12.8. The van der Waals surface area contributed by atoms with Crippen molar-refractivity contribution < 1.29 is 9.18 Å². The van der Waals surface area contributed by atoms with Gasteiger partial charge >= 0.3 is 0 Å². The maximum Gasteiger partial charge on any atom is 0.279 e. The number of hydrogen-bond donors (Lipinski definition) is 2. The minimum atomic E-state index is -0.358. The van der Waals surface area contributed by atoms with Crippen LogP contribution in [0, 0.1) is 19.7 Å². The van der Waals surface area contributed by atoms with E-state index in [0.29, 0.717) is 16.2 Å². The minimum Gasteiger partial charge on any atom is -0.266 e. The average Bonchev–Trinajstić information content (AvgIpc) is 2.89. The summed E-state index contributed by atoms with van der Waals surface area (Å²) >= 11 is 1.23. The molecule has 5 nitrogen and oxygen atoms in total. The van der Waals surface area contributed by atoms with Gasteiger partial charge in [0.1, 0.15) is 5.82 Å². The van der Waals surface area contributed by atoms with Crippen molar-refractivity contribution in [3.8, 4) is 0 Å². The van der Waals surface area contributed by atoms with Crippen molar-refractivity contribution in [2.24, 2.45) is 0 Å². The van der Waals surface area contributed by atoms with Crippen molar-refractivity contribution in [2.75, 3.05) is 5.43 Å². The Morgan fingerprint density at radius 3 is 2.59 bits per heavy atom. The molecule has 22 heavy (non-hydrogen) atoms. The van der Waals surface area contributed by atoms with Gasteiger partial charge in [-0.3, -0.25) is 15.6 Å². The van der Waals surface area contributed by atoms with Crippen LogP contribution >= 0.6 is 11.3 Å². The third-order valence-corrected chi connectivity index (χ3v) is 4.10. The fraction of sp³-hybridized carbons (Fsp3) is 0.133. The molecule has 3 rings (SSSR count). The summed E-state index contributed by atoms with van der Waals surface area (Å²) in [5.41, 5.74) is 6.80. The molecule has 0 aliphatic heterocycles. The number of hydrazine groups is 1. The Labute approximate surface area is 130 Å². The van der Waals surface area contributed by atoms with E-state index in [1.807, 2.05) is 19.9 Å². The van der Waals surface area contributed by atoms with Crippen LogP contribution in [0.5, 0.6) is 0 Å². The van der Waals surface area contributed by atoms with Gasteiger partial charge in [0, 0.05) is 21.5 Å². The Kier molecular flexibility index (Phi) is 3.72. The maximum atomic E-state index is 13.6. The molecule has 3 aromatic rings. The number of anilines is 1. The third kappa shape index (κ3) is 2.89. The third-order valence-electron chi connectivity index (χ3n) is 3.00. The van der Waals surface area contributed by atoms with Crippen LogP contribution in [0.4, 0.5) is 10.3 Å². The lowest BCUT2D eigenvalue weighted by molar-refractivity contribution is 0.0966. The molecule has 1 aromatic carbocycles. The van der Waals surface area contributed by atoms with E-state index in [0.717, 1.165) is 16.1 Å². The first-order valence-electron chi connectivity index (χ1n) is 6.59. The number of carbonyl (C=O) groups is 1. The zero-order valence-electron chi connectivity index (χ0n) is 12.0. The minimum absolute atomic E-state index is 0.318. The summed E-state index contributed by atoms with van der Waals surface area (Å²) in [7, 11) is 0. The van der Waals surface area contributed by atoms with E-state index in [1.165, 1.54) is 23.5 Å². The van der Waals surface area contributed by atoms with Crippen LogP contribution in [0.2, 0.25) is 0 Å². The fourth-order valence-corrected chi connectivity index (χ4v) is 3.06. The van der Waals surface area contributed by atoms with Crippen molar-refractivity contribution in [3.63, 3.8) is 0 Å². The van der Waals surface area contributed by atoms with Gasteiger partial charge < -0.3 is 0 Å². The van der Waals surface area contributed by atoms with E-state index in [-0.39, 0.29) is 11.7 Å². The zero-order chi connectivity index (χ0) is 15.7. The molecular formula is C15H13FN4OS. The van der Waals surface area contributed by atoms with Gasteiger partial charge in [-0.15, -0.1) is 11.3 Å². The smallest absolute Gasteiger partial charge is 0.266 e. The quantitative estimate of drug-likeness (QED) is 0.728. The molecule has 0 spiro atoms. The second kappa shape index (κ2) is 5.69. The number of fused-ring (bicyclic) bond motifs is 1. The van der Waals surface area contributed by atoms with E-state index in [4.69, 9.17) is 0 Å². The van der Waals surface area contributed by atoms with Crippen molar-refractivity contribution in [2.45, 2.75) is 13.8 Å². The molecule has 0 saturated carbocycles. The summed E-state index contributed by atoms with van der Waals surface area (Å²) in [4.78, 5) is 20.9. The predicted molar refractivity (Wildman–Crippen MR) is 84.4 cm³/mol. The van der Waals surface area contributed by atoms with Crippen molar-refractivity contribution >= 4 is 33.3 Å². The Morgan fingerprint density at radius 1 is 1.18 bits per heavy atom. The molecule has 0 bridgehead atoms. The second-order valence-electron chi connectivity index (χ2n) is 4.82. The van der Waals surface area contributed by atoms with Gasteiger partial charge in [0.25, 0.3) is 5.91 Å². The number of halogens is 1. The van der Waals surface area contributed by atoms with Crippen LogP contribution in [0.25, 0.3) is 10.1 Å². The van der Waals surface area contributed by atoms with E-state index in [9.17, 15) is 9.18 Å². The Morgan fingerprint density at radius 2 is 1.91 bits per heavy atom. The van der Waals surface area contributed by atoms with Gasteiger partial charge in [-0.1, -0.05) is 6.07 Å². The summed E-state index contributed by atoms with van der Waals surface area (Å²) in [6.45, 7) is 3.69. The Hall–Kier alpha value is -2.54. The van der Waals surface area contributed by atoms with Crippen molar-refractivity contribution in [1.82, 2.24) is 15.4 Å². The standard InChI is InChI=1S/C15H13FN4OS/c1-8-6-9(2)18-15(17-8)20-19-14(21)13-7-10-11(16)4-3-5-12(10)22-13/h3-7H,1-2H3,(H,19,21)(H,17,18,20). The summed E-state index contributed by atoms with van der Waals surface area (Å²) in [5.74, 6) is -0.375. The number of carbonyl (C=O) groups excluding carboxylic acids is 1. The first-order chi connectivity index (χ1) is 10.5. The molecule has 1 amide bonds. The number of hydrogen-bond acceptors (Lipinski definition) is 5. The van der Waals surface area contributed by atoms with Crippen LogP contribution in [-0.2, 0) is 0 Å². The molecule has 112 valence electrons. The second-order valence-corrected chi connectivity index (χ2v) is 5.90. The van der Waals surface area contributed by atoms with Gasteiger partial charge in [-0.25, -0.2) is 14.4 Å². The first kappa shape index (κ1) is 14.4. The molecule has 0 radical (unpaired) electrons. The number of nitrogens with one attached hydrogen (secondary N) is 2. The highest BCUT2D eigenvalue weighted by Crippen LogP contribution is 2.27. The average molecular weight is 316 g/mol. The van der Waals surface area contributed by atoms with Gasteiger partial charge in [-0.2, -0.15) is 0 Å². The monoisotopic (exact) mass is 316 g/mol. The number of amides is 1. The van der Waals surface area contributed by atoms with Gasteiger partial charge in [0.2, 0.25) is 5.95 Å². The van der Waals surface area contributed by atoms with Crippen molar-refractivity contribution in [1.29, 1.82) is 0 Å². The van der Waals surface area contributed by atoms with Crippen LogP contribution in [0.15, 0.2) is 30.3 Å². The number of rotatable bonds is 3. The molecule has 0 aliphatic carbocycles. The fourth-order valence-electron chi connectivity index (χ4n) is 2.09. The lowest BCUT2D eigenvalue weighted by Gasteiger charge is -2.07. The molecule has 2 aromatic heterocycles. The molecule has 0 unspecified atom stereocenters. The SMILES string of the molecule is Cc1cc(C)nc(NNC(=O)c2cc3c(F)cccc3s2)n1. The molecule has 0 aliphatic rings. The van der Waals surface area contributed by atoms with Crippen molar-refractivity contribution in [3.05, 3.63) is 52.4 Å². The highest BCUT2D eigenvalue weighted by atomic mass is 32.1. The number of nitrogens with zero attached hydrogens (tertiary/aromatic N) is 2. The Bertz CT molecular complexity index is 842. The number of aryl methyl sites for hydroxylation is 2. The summed E-state index contributed by atoms with van der Waals surface area (Å²) < 4.78 is 14.4. The number of benzene rings is 1. The van der Waals surface area contributed by atoms with E-state index >= 15 is 0 Å². The van der Waals surface area contributed by atoms with E-state index < -0.39 is 0 Å². The predicted octanol–water partition coefficient (Wildman–Crippen LogP) is 3.20. The molecule has 2 heterocycles. The highest BCUT2D eigenvalue weighted by Gasteiger charge is 2.12. The molecular weight excluding hydrogens is 303 g/mol. The lowest BCUT2D eigenvalue weighted by atomic mass is 10.2. The largest absolute Gasteiger partial charge is 0.279 e. The molecule has 2 N–H and O–H groups in total. The number of aromatic nitrogens is 2.